The van der Waals surface area contributed by atoms with E-state index in [0.29, 0.717) is 0 Å². The molecule has 0 N–H and O–H groups in total. The number of nitrogens with zero attached hydrogens (tertiary/aromatic N) is 1. The molecule has 92 valence electrons. The van der Waals surface area contributed by atoms with Crippen LogP contribution in [0.5, 0.6) is 0 Å². The summed E-state index contributed by atoms with van der Waals surface area (Å²) in [6.45, 7) is 8.11. The average molecular weight is 363 g/mol. The van der Waals surface area contributed by atoms with E-state index in [4.69, 9.17) is 9.31 Å². The summed E-state index contributed by atoms with van der Waals surface area (Å²) in [6.07, 6.45) is 1.74. The van der Waals surface area contributed by atoms with Crippen LogP contribution in [-0.4, -0.2) is 23.3 Å². The first-order valence-electron chi connectivity index (χ1n) is 5.39. The van der Waals surface area contributed by atoms with Crippen LogP contribution in [0.1, 0.15) is 27.7 Å². The zero-order valence-corrected chi connectivity index (χ0v) is 13.4. The first-order chi connectivity index (χ1) is 7.73. The third-order valence-electron chi connectivity index (χ3n) is 3.31. The highest BCUT2D eigenvalue weighted by Gasteiger charge is 2.52. The Morgan fingerprint density at radius 3 is 2.12 bits per heavy atom. The summed E-state index contributed by atoms with van der Waals surface area (Å²) < 4.78 is 13.7. The Kier molecular flexibility index (Phi) is 3.45. The number of rotatable bonds is 1. The van der Waals surface area contributed by atoms with E-state index in [-0.39, 0.29) is 11.2 Å². The second kappa shape index (κ2) is 4.33. The van der Waals surface area contributed by atoms with E-state index in [1.54, 1.807) is 6.20 Å². The molecular formula is C11H14BBr2NO2. The number of hydrogen-bond donors (Lipinski definition) is 0. The van der Waals surface area contributed by atoms with E-state index in [1.807, 2.05) is 33.8 Å². The van der Waals surface area contributed by atoms with E-state index in [9.17, 15) is 0 Å². The van der Waals surface area contributed by atoms with Gasteiger partial charge in [-0.2, -0.15) is 0 Å². The molecule has 0 atom stereocenters. The van der Waals surface area contributed by atoms with E-state index in [2.05, 4.69) is 36.8 Å². The predicted octanol–water partition coefficient (Wildman–Crippen LogP) is 2.91. The Morgan fingerprint density at radius 2 is 1.65 bits per heavy atom. The van der Waals surface area contributed by atoms with Gasteiger partial charge in [0.1, 0.15) is 0 Å². The molecule has 0 aliphatic carbocycles. The molecule has 2 rings (SSSR count). The van der Waals surface area contributed by atoms with Crippen LogP contribution in [0.25, 0.3) is 0 Å². The fourth-order valence-electron chi connectivity index (χ4n) is 1.55. The molecule has 1 saturated heterocycles. The lowest BCUT2D eigenvalue weighted by molar-refractivity contribution is 0.00578. The van der Waals surface area contributed by atoms with Gasteiger partial charge in [0.05, 0.1) is 16.8 Å². The average Bonchev–Trinajstić information content (AvgIpc) is 2.35. The zero-order chi connectivity index (χ0) is 12.8. The molecule has 2 heterocycles. The van der Waals surface area contributed by atoms with Gasteiger partial charge < -0.3 is 9.31 Å². The summed E-state index contributed by atoms with van der Waals surface area (Å²) in [5.41, 5.74) is 0.0874. The highest BCUT2D eigenvalue weighted by molar-refractivity contribution is 9.11. The molecule has 1 aliphatic rings. The van der Waals surface area contributed by atoms with Crippen molar-refractivity contribution >= 4 is 44.6 Å². The van der Waals surface area contributed by atoms with E-state index < -0.39 is 7.12 Å². The highest BCUT2D eigenvalue weighted by Crippen LogP contribution is 2.36. The van der Waals surface area contributed by atoms with Crippen LogP contribution in [0, 0.1) is 0 Å². The quantitative estimate of drug-likeness (QED) is 0.720. The molecule has 6 heteroatoms. The lowest BCUT2D eigenvalue weighted by Gasteiger charge is -2.32. The molecule has 0 spiro atoms. The predicted molar refractivity (Wildman–Crippen MR) is 75.4 cm³/mol. The number of pyridine rings is 1. The molecule has 0 saturated carbocycles. The summed E-state index contributed by atoms with van der Waals surface area (Å²) in [5, 5.41) is 0. The number of halogens is 2. The van der Waals surface area contributed by atoms with Gasteiger partial charge in [0.15, 0.2) is 0 Å². The Balaban J connectivity index is 2.32. The Bertz CT molecular complexity index is 435. The van der Waals surface area contributed by atoms with Gasteiger partial charge in [-0.3, -0.25) is 4.98 Å². The van der Waals surface area contributed by atoms with Crippen molar-refractivity contribution in [1.82, 2.24) is 4.98 Å². The van der Waals surface area contributed by atoms with Crippen LogP contribution in [0.15, 0.2) is 21.2 Å². The second-order valence-corrected chi connectivity index (χ2v) is 6.88. The molecule has 1 aromatic heterocycles. The SMILES string of the molecule is CC1(C)OB(c2ncc(Br)cc2Br)OC1(C)C. The first-order valence-corrected chi connectivity index (χ1v) is 6.98. The van der Waals surface area contributed by atoms with Crippen molar-refractivity contribution in [2.24, 2.45) is 0 Å². The second-order valence-electron chi connectivity index (χ2n) is 5.11. The van der Waals surface area contributed by atoms with Crippen molar-refractivity contribution in [2.75, 3.05) is 0 Å². The third kappa shape index (κ3) is 2.45. The van der Waals surface area contributed by atoms with Gasteiger partial charge >= 0.3 is 7.12 Å². The van der Waals surface area contributed by atoms with E-state index >= 15 is 0 Å². The molecule has 0 amide bonds. The monoisotopic (exact) mass is 361 g/mol. The minimum Gasteiger partial charge on any atom is -0.398 e. The molecular weight excluding hydrogens is 349 g/mol. The topological polar surface area (TPSA) is 31.4 Å². The van der Waals surface area contributed by atoms with Gasteiger partial charge in [0.25, 0.3) is 0 Å². The fourth-order valence-corrected chi connectivity index (χ4v) is 2.73. The summed E-state index contributed by atoms with van der Waals surface area (Å²) in [7, 11) is -0.428. The number of hydrogen-bond acceptors (Lipinski definition) is 3. The minimum atomic E-state index is -0.428. The maximum Gasteiger partial charge on any atom is 0.515 e. The largest absolute Gasteiger partial charge is 0.515 e. The fraction of sp³-hybridized carbons (Fsp3) is 0.545. The van der Waals surface area contributed by atoms with Gasteiger partial charge in [0, 0.05) is 15.1 Å². The molecule has 0 radical (unpaired) electrons. The number of aromatic nitrogens is 1. The normalized spacial score (nSPS) is 21.9. The lowest BCUT2D eigenvalue weighted by atomic mass is 9.84. The molecule has 0 unspecified atom stereocenters. The summed E-state index contributed by atoms with van der Waals surface area (Å²) in [5.74, 6) is 0. The van der Waals surface area contributed by atoms with E-state index in [0.717, 1.165) is 14.5 Å². The first kappa shape index (κ1) is 13.5. The van der Waals surface area contributed by atoms with Gasteiger partial charge in [0.2, 0.25) is 0 Å². The molecule has 3 nitrogen and oxygen atoms in total. The van der Waals surface area contributed by atoms with Crippen molar-refractivity contribution < 1.29 is 9.31 Å². The molecule has 17 heavy (non-hydrogen) atoms. The van der Waals surface area contributed by atoms with Crippen LogP contribution in [0.3, 0.4) is 0 Å². The zero-order valence-electron chi connectivity index (χ0n) is 10.3. The summed E-state index contributed by atoms with van der Waals surface area (Å²) >= 11 is 6.86. The van der Waals surface area contributed by atoms with Gasteiger partial charge in [-0.15, -0.1) is 0 Å². The summed E-state index contributed by atoms with van der Waals surface area (Å²) in [6, 6.07) is 1.94. The smallest absolute Gasteiger partial charge is 0.398 e. The van der Waals surface area contributed by atoms with Crippen molar-refractivity contribution in [2.45, 2.75) is 38.9 Å². The Hall–Kier alpha value is 0.0949. The lowest BCUT2D eigenvalue weighted by Crippen LogP contribution is -2.41. The van der Waals surface area contributed by atoms with Crippen LogP contribution >= 0.6 is 31.9 Å². The third-order valence-corrected chi connectivity index (χ3v) is 4.38. The van der Waals surface area contributed by atoms with Gasteiger partial charge in [-0.05, 0) is 65.6 Å². The molecule has 0 bridgehead atoms. The van der Waals surface area contributed by atoms with Crippen molar-refractivity contribution in [1.29, 1.82) is 0 Å². The standard InChI is InChI=1S/C11H14BBr2NO2/c1-10(2)11(3,4)17-12(16-10)9-8(14)5-7(13)6-15-9/h5-6H,1-4H3. The molecule has 1 aromatic rings. The Morgan fingerprint density at radius 1 is 1.12 bits per heavy atom. The van der Waals surface area contributed by atoms with Crippen LogP contribution in [0.4, 0.5) is 0 Å². The maximum atomic E-state index is 5.94. The molecule has 0 aromatic carbocycles. The van der Waals surface area contributed by atoms with Crippen LogP contribution in [0.2, 0.25) is 0 Å². The van der Waals surface area contributed by atoms with Crippen molar-refractivity contribution in [3.8, 4) is 0 Å². The summed E-state index contributed by atoms with van der Waals surface area (Å²) in [4.78, 5) is 4.35. The van der Waals surface area contributed by atoms with Gasteiger partial charge in [-0.1, -0.05) is 0 Å². The van der Waals surface area contributed by atoms with Crippen LogP contribution in [-0.2, 0) is 9.31 Å². The van der Waals surface area contributed by atoms with E-state index in [1.165, 1.54) is 0 Å². The Labute approximate surface area is 119 Å². The van der Waals surface area contributed by atoms with Gasteiger partial charge in [-0.25, -0.2) is 0 Å². The molecule has 1 aliphatic heterocycles. The van der Waals surface area contributed by atoms with Crippen molar-refractivity contribution in [3.05, 3.63) is 21.2 Å². The highest BCUT2D eigenvalue weighted by atomic mass is 79.9. The minimum absolute atomic E-state index is 0.341. The maximum absolute atomic E-state index is 5.94. The molecule has 1 fully saturated rings. The van der Waals surface area contributed by atoms with Crippen LogP contribution < -0.4 is 5.59 Å². The van der Waals surface area contributed by atoms with Crippen molar-refractivity contribution in [3.63, 3.8) is 0 Å².